The van der Waals surface area contributed by atoms with E-state index in [4.69, 9.17) is 9.84 Å². The third-order valence-electron chi connectivity index (χ3n) is 2.31. The molecular formula is C10H18O3S. The van der Waals surface area contributed by atoms with Gasteiger partial charge >= 0.3 is 5.97 Å². The Morgan fingerprint density at radius 2 is 2.07 bits per heavy atom. The molecular weight excluding hydrogens is 200 g/mol. The minimum atomic E-state index is -0.680. The molecule has 0 amide bonds. The standard InChI is InChI=1S/C10H18O3S/c11-10(12)3-1-2-8-14-9-4-6-13-7-5-9/h9H,1-8H2,(H,11,12). The predicted molar refractivity (Wildman–Crippen MR) is 57.8 cm³/mol. The second-order valence-corrected chi connectivity index (χ2v) is 4.94. The number of thioether (sulfide) groups is 1. The third kappa shape index (κ3) is 5.50. The molecule has 0 saturated carbocycles. The van der Waals surface area contributed by atoms with E-state index in [0.717, 1.165) is 49.9 Å². The van der Waals surface area contributed by atoms with Crippen LogP contribution >= 0.6 is 11.8 Å². The van der Waals surface area contributed by atoms with Crippen LogP contribution in [-0.4, -0.2) is 35.3 Å². The van der Waals surface area contributed by atoms with Gasteiger partial charge in [0.25, 0.3) is 0 Å². The Morgan fingerprint density at radius 1 is 1.36 bits per heavy atom. The van der Waals surface area contributed by atoms with Gasteiger partial charge < -0.3 is 9.84 Å². The van der Waals surface area contributed by atoms with E-state index in [1.54, 1.807) is 0 Å². The molecule has 14 heavy (non-hydrogen) atoms. The minimum absolute atomic E-state index is 0.314. The van der Waals surface area contributed by atoms with Gasteiger partial charge in [-0.25, -0.2) is 0 Å². The molecule has 0 aromatic heterocycles. The smallest absolute Gasteiger partial charge is 0.303 e. The van der Waals surface area contributed by atoms with Crippen molar-refractivity contribution >= 4 is 17.7 Å². The Labute approximate surface area is 89.2 Å². The van der Waals surface area contributed by atoms with E-state index < -0.39 is 5.97 Å². The zero-order valence-corrected chi connectivity index (χ0v) is 9.22. The molecule has 0 radical (unpaired) electrons. The maximum atomic E-state index is 10.2. The summed E-state index contributed by atoms with van der Waals surface area (Å²) in [5.74, 6) is 0.416. The van der Waals surface area contributed by atoms with Gasteiger partial charge in [0.05, 0.1) is 0 Å². The van der Waals surface area contributed by atoms with Crippen molar-refractivity contribution in [2.75, 3.05) is 19.0 Å². The number of ether oxygens (including phenoxy) is 1. The van der Waals surface area contributed by atoms with Crippen LogP contribution in [0.15, 0.2) is 0 Å². The van der Waals surface area contributed by atoms with E-state index in [-0.39, 0.29) is 0 Å². The topological polar surface area (TPSA) is 46.5 Å². The largest absolute Gasteiger partial charge is 0.481 e. The molecule has 1 aliphatic rings. The van der Waals surface area contributed by atoms with E-state index in [1.165, 1.54) is 0 Å². The molecule has 0 unspecified atom stereocenters. The second-order valence-electron chi connectivity index (χ2n) is 3.53. The second kappa shape index (κ2) is 7.12. The van der Waals surface area contributed by atoms with Crippen LogP contribution in [0.25, 0.3) is 0 Å². The first kappa shape index (κ1) is 11.9. The lowest BCUT2D eigenvalue weighted by Gasteiger charge is -2.21. The number of carbonyl (C=O) groups is 1. The molecule has 1 aliphatic heterocycles. The van der Waals surface area contributed by atoms with Crippen LogP contribution in [0.4, 0.5) is 0 Å². The fourth-order valence-corrected chi connectivity index (χ4v) is 2.70. The van der Waals surface area contributed by atoms with Crippen molar-refractivity contribution in [3.05, 3.63) is 0 Å². The quantitative estimate of drug-likeness (QED) is 0.694. The Balaban J connectivity index is 1.90. The number of unbranched alkanes of at least 4 members (excludes halogenated alkanes) is 1. The van der Waals surface area contributed by atoms with Crippen molar-refractivity contribution in [2.24, 2.45) is 0 Å². The van der Waals surface area contributed by atoms with Gasteiger partial charge in [-0.15, -0.1) is 0 Å². The summed E-state index contributed by atoms with van der Waals surface area (Å²) in [6.45, 7) is 1.79. The number of aliphatic carboxylic acids is 1. The van der Waals surface area contributed by atoms with Gasteiger partial charge in [-0.3, -0.25) is 4.79 Å². The van der Waals surface area contributed by atoms with Crippen molar-refractivity contribution in [2.45, 2.75) is 37.4 Å². The molecule has 82 valence electrons. The number of carboxylic acids is 1. The van der Waals surface area contributed by atoms with Crippen molar-refractivity contribution in [1.82, 2.24) is 0 Å². The highest BCUT2D eigenvalue weighted by Crippen LogP contribution is 2.22. The van der Waals surface area contributed by atoms with Gasteiger partial charge in [-0.1, -0.05) is 0 Å². The van der Waals surface area contributed by atoms with Crippen molar-refractivity contribution in [1.29, 1.82) is 0 Å². The molecule has 0 atom stereocenters. The summed E-state index contributed by atoms with van der Waals surface area (Å²) in [4.78, 5) is 10.2. The number of rotatable bonds is 6. The van der Waals surface area contributed by atoms with Gasteiger partial charge in [0.15, 0.2) is 0 Å². The van der Waals surface area contributed by atoms with Gasteiger partial charge in [-0.05, 0) is 31.4 Å². The molecule has 1 heterocycles. The van der Waals surface area contributed by atoms with Crippen LogP contribution in [0.2, 0.25) is 0 Å². The average molecular weight is 218 g/mol. The Kier molecular flexibility index (Phi) is 6.03. The molecule has 1 rings (SSSR count). The highest BCUT2D eigenvalue weighted by atomic mass is 32.2. The summed E-state index contributed by atoms with van der Waals surface area (Å²) >= 11 is 1.98. The van der Waals surface area contributed by atoms with E-state index in [1.807, 2.05) is 11.8 Å². The van der Waals surface area contributed by atoms with Crippen LogP contribution in [0, 0.1) is 0 Å². The van der Waals surface area contributed by atoms with E-state index in [9.17, 15) is 4.79 Å². The fraction of sp³-hybridized carbons (Fsp3) is 0.900. The van der Waals surface area contributed by atoms with E-state index in [0.29, 0.717) is 6.42 Å². The maximum Gasteiger partial charge on any atom is 0.303 e. The normalized spacial score (nSPS) is 18.3. The number of carboxylic acid groups (broad SMARTS) is 1. The Hall–Kier alpha value is -0.220. The van der Waals surface area contributed by atoms with Crippen molar-refractivity contribution in [3.63, 3.8) is 0 Å². The summed E-state index contributed by atoms with van der Waals surface area (Å²) in [5.41, 5.74) is 0. The van der Waals surface area contributed by atoms with Crippen molar-refractivity contribution < 1.29 is 14.6 Å². The van der Waals surface area contributed by atoms with Crippen LogP contribution in [0.1, 0.15) is 32.1 Å². The van der Waals surface area contributed by atoms with Gasteiger partial charge in [0.2, 0.25) is 0 Å². The molecule has 0 spiro atoms. The number of hydrogen-bond donors (Lipinski definition) is 1. The van der Waals surface area contributed by atoms with Gasteiger partial charge in [0, 0.05) is 24.9 Å². The molecule has 1 saturated heterocycles. The molecule has 0 aromatic rings. The summed E-state index contributed by atoms with van der Waals surface area (Å²) in [5, 5.41) is 9.18. The van der Waals surface area contributed by atoms with Gasteiger partial charge in [0.1, 0.15) is 0 Å². The van der Waals surface area contributed by atoms with Crippen molar-refractivity contribution in [3.8, 4) is 0 Å². The molecule has 3 nitrogen and oxygen atoms in total. The molecule has 1 N–H and O–H groups in total. The summed E-state index contributed by atoms with van der Waals surface area (Å²) in [6, 6.07) is 0. The van der Waals surface area contributed by atoms with Gasteiger partial charge in [-0.2, -0.15) is 11.8 Å². The minimum Gasteiger partial charge on any atom is -0.481 e. The first-order chi connectivity index (χ1) is 6.79. The summed E-state index contributed by atoms with van der Waals surface area (Å²) in [7, 11) is 0. The third-order valence-corrected chi connectivity index (χ3v) is 3.77. The lowest BCUT2D eigenvalue weighted by Crippen LogP contribution is -2.17. The SMILES string of the molecule is O=C(O)CCCCSC1CCOCC1. The molecule has 0 bridgehead atoms. The van der Waals surface area contributed by atoms with Crippen LogP contribution in [0.3, 0.4) is 0 Å². The van der Waals surface area contributed by atoms with E-state index in [2.05, 4.69) is 0 Å². The summed E-state index contributed by atoms with van der Waals surface area (Å²) in [6.07, 6.45) is 4.46. The Bertz CT molecular complexity index is 167. The Morgan fingerprint density at radius 3 is 2.71 bits per heavy atom. The maximum absolute atomic E-state index is 10.2. The molecule has 1 fully saturated rings. The van der Waals surface area contributed by atoms with Crippen LogP contribution < -0.4 is 0 Å². The first-order valence-corrected chi connectivity index (χ1v) is 6.25. The molecule has 4 heteroatoms. The van der Waals surface area contributed by atoms with Crippen LogP contribution in [0.5, 0.6) is 0 Å². The lowest BCUT2D eigenvalue weighted by molar-refractivity contribution is -0.137. The van der Waals surface area contributed by atoms with Crippen LogP contribution in [-0.2, 0) is 9.53 Å². The summed E-state index contributed by atoms with van der Waals surface area (Å²) < 4.78 is 5.27. The monoisotopic (exact) mass is 218 g/mol. The highest BCUT2D eigenvalue weighted by molar-refractivity contribution is 7.99. The fourth-order valence-electron chi connectivity index (χ4n) is 1.47. The molecule has 0 aliphatic carbocycles. The highest BCUT2D eigenvalue weighted by Gasteiger charge is 2.13. The number of hydrogen-bond acceptors (Lipinski definition) is 3. The lowest BCUT2D eigenvalue weighted by atomic mass is 10.2. The average Bonchev–Trinajstić information content (AvgIpc) is 2.18. The first-order valence-electron chi connectivity index (χ1n) is 5.20. The predicted octanol–water partition coefficient (Wildman–Crippen LogP) is 2.15. The molecule has 0 aromatic carbocycles. The zero-order chi connectivity index (χ0) is 10.2. The van der Waals surface area contributed by atoms with E-state index >= 15 is 0 Å². The zero-order valence-electron chi connectivity index (χ0n) is 8.41.